The van der Waals surface area contributed by atoms with Gasteiger partial charge in [-0.15, -0.1) is 22.7 Å². The minimum absolute atomic E-state index is 0.888. The van der Waals surface area contributed by atoms with Crippen molar-refractivity contribution in [2.24, 2.45) is 0 Å². The maximum Gasteiger partial charge on any atom is 0.135 e. The predicted octanol–water partition coefficient (Wildman–Crippen LogP) is 19.6. The lowest BCUT2D eigenvalue weighted by Gasteiger charge is -2.18. The van der Waals surface area contributed by atoms with Crippen molar-refractivity contribution < 1.29 is 4.42 Å². The first kappa shape index (κ1) is 37.2. The molecule has 0 saturated carbocycles. The summed E-state index contributed by atoms with van der Waals surface area (Å²) >= 11 is 3.74. The molecule has 1 nitrogen and oxygen atoms in total. The second-order valence-electron chi connectivity index (χ2n) is 17.8. The minimum Gasteiger partial charge on any atom is -0.456 e. The molecule has 0 amide bonds. The fourth-order valence-corrected chi connectivity index (χ4v) is 13.5. The molecule has 0 aliphatic carbocycles. The second kappa shape index (κ2) is 14.2. The monoisotopic (exact) mass is 884 g/mol. The number of thiophene rings is 2. The predicted molar refractivity (Wildman–Crippen MR) is 291 cm³/mol. The van der Waals surface area contributed by atoms with E-state index in [9.17, 15) is 0 Å². The van der Waals surface area contributed by atoms with Gasteiger partial charge in [0.15, 0.2) is 0 Å². The SMILES string of the molecule is c1ccc2c(c1)sc1ccc(-c3c4ccccc4c(-c4ccc5oc6ccc(-c7c8ccccc8c(-c8ccc9sc%10ccccc%10c9c8)c8ccccc78)cc6c5c4)c4ccccc34)cc12. The zero-order valence-electron chi connectivity index (χ0n) is 36.0. The van der Waals surface area contributed by atoms with Crippen molar-refractivity contribution in [3.05, 3.63) is 218 Å². The van der Waals surface area contributed by atoms with Crippen LogP contribution < -0.4 is 0 Å². The van der Waals surface area contributed by atoms with Crippen LogP contribution in [0.1, 0.15) is 0 Å². The molecule has 3 heteroatoms. The Labute approximate surface area is 393 Å². The standard InChI is InChI=1S/C64H36OS2/c1-5-19-47-43(15-1)61(44-16-2-6-20-48(44)63(47)39-27-31-59-53(35-39)41-13-9-11-23-57(41)66-59)37-25-29-55-51(33-37)52-34-38(26-30-56(52)65-55)62-45-17-3-7-21-49(45)64(50-22-8-4-18-46(50)62)40-28-32-60-54(36-40)42-14-10-12-24-58(42)67-60/h1-36H. The van der Waals surface area contributed by atoms with Crippen LogP contribution in [0.3, 0.4) is 0 Å². The maximum absolute atomic E-state index is 6.66. The molecular weight excluding hydrogens is 849 g/mol. The number of benzene rings is 12. The molecule has 0 unspecified atom stereocenters. The average molecular weight is 885 g/mol. The summed E-state index contributed by atoms with van der Waals surface area (Å²) in [6, 6.07) is 81.1. The van der Waals surface area contributed by atoms with Crippen molar-refractivity contribution in [1.82, 2.24) is 0 Å². The quantitative estimate of drug-likeness (QED) is 0.161. The fourth-order valence-electron chi connectivity index (χ4n) is 11.4. The Bertz CT molecular complexity index is 4170. The number of furan rings is 1. The van der Waals surface area contributed by atoms with Crippen molar-refractivity contribution in [3.8, 4) is 44.5 Å². The van der Waals surface area contributed by atoms with Gasteiger partial charge >= 0.3 is 0 Å². The molecular formula is C64H36OS2. The van der Waals surface area contributed by atoms with Crippen molar-refractivity contribution in [1.29, 1.82) is 0 Å². The number of rotatable bonds is 4. The first-order valence-corrected chi connectivity index (χ1v) is 24.5. The van der Waals surface area contributed by atoms with E-state index in [2.05, 4.69) is 218 Å². The molecule has 0 aliphatic rings. The van der Waals surface area contributed by atoms with Crippen LogP contribution in [0.2, 0.25) is 0 Å². The van der Waals surface area contributed by atoms with E-state index in [-0.39, 0.29) is 0 Å². The molecule has 3 heterocycles. The van der Waals surface area contributed by atoms with Gasteiger partial charge in [-0.3, -0.25) is 0 Å². The summed E-state index contributed by atoms with van der Waals surface area (Å²) in [6.45, 7) is 0. The Balaban J connectivity index is 0.929. The number of hydrogen-bond donors (Lipinski definition) is 0. The zero-order valence-corrected chi connectivity index (χ0v) is 37.6. The molecule has 0 atom stereocenters. The molecule has 0 saturated heterocycles. The van der Waals surface area contributed by atoms with Crippen LogP contribution in [0.25, 0.3) is 150 Å². The zero-order chi connectivity index (χ0) is 43.7. The van der Waals surface area contributed by atoms with Gasteiger partial charge < -0.3 is 4.42 Å². The van der Waals surface area contributed by atoms with Gasteiger partial charge in [-0.05, 0) is 148 Å². The highest BCUT2D eigenvalue weighted by molar-refractivity contribution is 7.26. The van der Waals surface area contributed by atoms with Gasteiger partial charge in [-0.1, -0.05) is 158 Å². The van der Waals surface area contributed by atoms with Crippen LogP contribution in [0.4, 0.5) is 0 Å². The molecule has 0 fully saturated rings. The molecule has 310 valence electrons. The summed E-state index contributed by atoms with van der Waals surface area (Å²) in [5, 5.41) is 17.4. The molecule has 67 heavy (non-hydrogen) atoms. The Morgan fingerprint density at radius 1 is 0.209 bits per heavy atom. The summed E-state index contributed by atoms with van der Waals surface area (Å²) in [6.07, 6.45) is 0. The smallest absolute Gasteiger partial charge is 0.135 e. The number of fused-ring (bicyclic) bond motifs is 13. The van der Waals surface area contributed by atoms with Gasteiger partial charge in [0.25, 0.3) is 0 Å². The number of hydrogen-bond acceptors (Lipinski definition) is 3. The van der Waals surface area contributed by atoms with Crippen LogP contribution in [0.15, 0.2) is 223 Å². The van der Waals surface area contributed by atoms with E-state index >= 15 is 0 Å². The van der Waals surface area contributed by atoms with E-state index < -0.39 is 0 Å². The average Bonchev–Trinajstić information content (AvgIpc) is 4.07. The van der Waals surface area contributed by atoms with Gasteiger partial charge in [0, 0.05) is 51.1 Å². The van der Waals surface area contributed by atoms with Crippen LogP contribution in [0, 0.1) is 0 Å². The first-order valence-electron chi connectivity index (χ1n) is 22.9. The lowest BCUT2D eigenvalue weighted by molar-refractivity contribution is 0.669. The Morgan fingerprint density at radius 3 is 0.791 bits per heavy atom. The second-order valence-corrected chi connectivity index (χ2v) is 20.0. The Kier molecular flexibility index (Phi) is 7.88. The van der Waals surface area contributed by atoms with Crippen molar-refractivity contribution in [2.45, 2.75) is 0 Å². The molecule has 15 aromatic rings. The van der Waals surface area contributed by atoms with Crippen LogP contribution in [-0.4, -0.2) is 0 Å². The highest BCUT2D eigenvalue weighted by Crippen LogP contribution is 2.49. The topological polar surface area (TPSA) is 13.1 Å². The van der Waals surface area contributed by atoms with Gasteiger partial charge in [0.1, 0.15) is 11.2 Å². The molecule has 15 rings (SSSR count). The molecule has 3 aromatic heterocycles. The van der Waals surface area contributed by atoms with E-state index in [1.165, 1.54) is 128 Å². The summed E-state index contributed by atoms with van der Waals surface area (Å²) in [5.41, 5.74) is 11.6. The summed E-state index contributed by atoms with van der Waals surface area (Å²) < 4.78 is 11.9. The van der Waals surface area contributed by atoms with Crippen LogP contribution in [-0.2, 0) is 0 Å². The van der Waals surface area contributed by atoms with Gasteiger partial charge in [0.2, 0.25) is 0 Å². The summed E-state index contributed by atoms with van der Waals surface area (Å²) in [5.74, 6) is 0. The minimum atomic E-state index is 0.888. The lowest BCUT2D eigenvalue weighted by atomic mass is 9.85. The third kappa shape index (κ3) is 5.47. The molecule has 0 aliphatic heterocycles. The normalized spacial score (nSPS) is 12.2. The molecule has 0 spiro atoms. The van der Waals surface area contributed by atoms with Gasteiger partial charge in [-0.2, -0.15) is 0 Å². The Hall–Kier alpha value is -8.08. The summed E-state index contributed by atoms with van der Waals surface area (Å²) in [7, 11) is 0. The third-order valence-electron chi connectivity index (χ3n) is 14.2. The van der Waals surface area contributed by atoms with E-state index in [0.29, 0.717) is 0 Å². The molecule has 0 radical (unpaired) electrons. The van der Waals surface area contributed by atoms with E-state index in [0.717, 1.165) is 21.9 Å². The maximum atomic E-state index is 6.66. The van der Waals surface area contributed by atoms with Crippen molar-refractivity contribution in [3.63, 3.8) is 0 Å². The van der Waals surface area contributed by atoms with Gasteiger partial charge in [-0.25, -0.2) is 0 Å². The summed E-state index contributed by atoms with van der Waals surface area (Å²) in [4.78, 5) is 0. The highest BCUT2D eigenvalue weighted by Gasteiger charge is 2.21. The Morgan fingerprint density at radius 2 is 0.463 bits per heavy atom. The van der Waals surface area contributed by atoms with E-state index in [1.807, 2.05) is 22.7 Å². The van der Waals surface area contributed by atoms with E-state index in [4.69, 9.17) is 4.42 Å². The van der Waals surface area contributed by atoms with Crippen molar-refractivity contribution in [2.75, 3.05) is 0 Å². The highest BCUT2D eigenvalue weighted by atomic mass is 32.1. The van der Waals surface area contributed by atoms with E-state index in [1.54, 1.807) is 0 Å². The van der Waals surface area contributed by atoms with Crippen LogP contribution >= 0.6 is 22.7 Å². The van der Waals surface area contributed by atoms with Crippen molar-refractivity contribution >= 4 is 128 Å². The van der Waals surface area contributed by atoms with Crippen LogP contribution in [0.5, 0.6) is 0 Å². The van der Waals surface area contributed by atoms with Gasteiger partial charge in [0.05, 0.1) is 0 Å². The first-order chi connectivity index (χ1) is 33.2. The molecule has 0 N–H and O–H groups in total. The largest absolute Gasteiger partial charge is 0.456 e. The molecule has 12 aromatic carbocycles. The fraction of sp³-hybridized carbons (Fsp3) is 0. The lowest BCUT2D eigenvalue weighted by Crippen LogP contribution is -1.91. The molecule has 0 bridgehead atoms. The third-order valence-corrected chi connectivity index (χ3v) is 16.5.